The molecule has 1 aromatic rings. The number of ether oxygens (including phenoxy) is 1. The van der Waals surface area contributed by atoms with E-state index in [1.807, 2.05) is 6.08 Å². The fourth-order valence-electron chi connectivity index (χ4n) is 2.46. The van der Waals surface area contributed by atoms with Gasteiger partial charge in [0.1, 0.15) is 0 Å². The van der Waals surface area contributed by atoms with Crippen LogP contribution >= 0.6 is 0 Å². The van der Waals surface area contributed by atoms with E-state index in [1.165, 1.54) is 11.3 Å². The van der Waals surface area contributed by atoms with E-state index in [0.29, 0.717) is 6.04 Å². The van der Waals surface area contributed by atoms with Crippen LogP contribution in [0.4, 0.5) is 5.69 Å². The van der Waals surface area contributed by atoms with Crippen molar-refractivity contribution in [3.05, 3.63) is 42.5 Å². The van der Waals surface area contributed by atoms with Gasteiger partial charge in [0, 0.05) is 38.5 Å². The molecule has 0 fully saturated rings. The summed E-state index contributed by atoms with van der Waals surface area (Å²) in [6, 6.07) is 9.05. The van der Waals surface area contributed by atoms with Gasteiger partial charge in [-0.15, -0.1) is 6.58 Å². The van der Waals surface area contributed by atoms with Crippen LogP contribution in [0.2, 0.25) is 0 Å². The number of anilines is 1. The van der Waals surface area contributed by atoms with E-state index < -0.39 is 0 Å². The molecule has 1 atom stereocenters. The molecule has 3 heteroatoms. The first-order chi connectivity index (χ1) is 8.83. The Morgan fingerprint density at radius 3 is 3.06 bits per heavy atom. The fourth-order valence-corrected chi connectivity index (χ4v) is 2.46. The van der Waals surface area contributed by atoms with Gasteiger partial charge in [-0.2, -0.15) is 0 Å². The second kappa shape index (κ2) is 6.57. The quantitative estimate of drug-likeness (QED) is 0.746. The SMILES string of the molecule is C=CCN(CCOC)CC1Cc2ccccc2N1. The molecule has 0 amide bonds. The highest BCUT2D eigenvalue weighted by atomic mass is 16.5. The molecule has 18 heavy (non-hydrogen) atoms. The van der Waals surface area contributed by atoms with Crippen LogP contribution in [0.25, 0.3) is 0 Å². The van der Waals surface area contributed by atoms with Crippen LogP contribution in [0.15, 0.2) is 36.9 Å². The number of rotatable bonds is 7. The molecule has 1 unspecified atom stereocenters. The summed E-state index contributed by atoms with van der Waals surface area (Å²) in [5.74, 6) is 0. The van der Waals surface area contributed by atoms with Gasteiger partial charge in [-0.3, -0.25) is 4.90 Å². The number of benzene rings is 1. The molecule has 0 saturated carbocycles. The molecule has 2 rings (SSSR count). The Balaban J connectivity index is 1.88. The monoisotopic (exact) mass is 246 g/mol. The Morgan fingerprint density at radius 2 is 2.33 bits per heavy atom. The number of hydrogen-bond acceptors (Lipinski definition) is 3. The zero-order valence-electron chi connectivity index (χ0n) is 11.1. The molecule has 98 valence electrons. The molecule has 1 N–H and O–H groups in total. The predicted molar refractivity (Wildman–Crippen MR) is 76.1 cm³/mol. The normalized spacial score (nSPS) is 17.6. The van der Waals surface area contributed by atoms with Gasteiger partial charge in [0.05, 0.1) is 6.61 Å². The third kappa shape index (κ3) is 3.34. The minimum atomic E-state index is 0.499. The van der Waals surface area contributed by atoms with Crippen molar-refractivity contribution in [1.29, 1.82) is 0 Å². The van der Waals surface area contributed by atoms with Gasteiger partial charge in [-0.25, -0.2) is 0 Å². The molecular formula is C15H22N2O. The van der Waals surface area contributed by atoms with E-state index in [-0.39, 0.29) is 0 Å². The highest BCUT2D eigenvalue weighted by Crippen LogP contribution is 2.25. The van der Waals surface area contributed by atoms with Gasteiger partial charge >= 0.3 is 0 Å². The highest BCUT2D eigenvalue weighted by Gasteiger charge is 2.21. The molecule has 0 aliphatic carbocycles. The zero-order valence-corrected chi connectivity index (χ0v) is 11.1. The van der Waals surface area contributed by atoms with Crippen LogP contribution in [0.3, 0.4) is 0 Å². The Kier molecular flexibility index (Phi) is 4.79. The van der Waals surface area contributed by atoms with Gasteiger partial charge in [-0.1, -0.05) is 24.3 Å². The number of nitrogens with zero attached hydrogens (tertiary/aromatic N) is 1. The molecular weight excluding hydrogens is 224 g/mol. The predicted octanol–water partition coefficient (Wildman–Crippen LogP) is 2.16. The van der Waals surface area contributed by atoms with Crippen molar-refractivity contribution in [2.24, 2.45) is 0 Å². The topological polar surface area (TPSA) is 24.5 Å². The van der Waals surface area contributed by atoms with Gasteiger partial charge < -0.3 is 10.1 Å². The molecule has 1 aliphatic heterocycles. The lowest BCUT2D eigenvalue weighted by atomic mass is 10.1. The van der Waals surface area contributed by atoms with E-state index in [1.54, 1.807) is 7.11 Å². The lowest BCUT2D eigenvalue weighted by molar-refractivity contribution is 0.152. The molecule has 0 spiro atoms. The second-order valence-corrected chi connectivity index (χ2v) is 4.74. The van der Waals surface area contributed by atoms with Crippen molar-refractivity contribution >= 4 is 5.69 Å². The molecule has 1 aliphatic rings. The molecule has 1 aromatic carbocycles. The Labute approximate surface area is 109 Å². The highest BCUT2D eigenvalue weighted by molar-refractivity contribution is 5.56. The minimum absolute atomic E-state index is 0.499. The molecule has 0 aromatic heterocycles. The number of hydrogen-bond donors (Lipinski definition) is 1. The number of para-hydroxylation sites is 1. The Hall–Kier alpha value is -1.32. The molecule has 0 radical (unpaired) electrons. The van der Waals surface area contributed by atoms with Gasteiger partial charge in [0.2, 0.25) is 0 Å². The van der Waals surface area contributed by atoms with E-state index in [2.05, 4.69) is 41.1 Å². The number of methoxy groups -OCH3 is 1. The summed E-state index contributed by atoms with van der Waals surface area (Å²) in [4.78, 5) is 2.38. The third-order valence-corrected chi connectivity index (χ3v) is 3.32. The molecule has 1 heterocycles. The van der Waals surface area contributed by atoms with Crippen LogP contribution in [0.1, 0.15) is 5.56 Å². The summed E-state index contributed by atoms with van der Waals surface area (Å²) in [5, 5.41) is 3.58. The van der Waals surface area contributed by atoms with Crippen molar-refractivity contribution in [2.75, 3.05) is 38.7 Å². The van der Waals surface area contributed by atoms with Gasteiger partial charge in [0.15, 0.2) is 0 Å². The first-order valence-electron chi connectivity index (χ1n) is 6.50. The summed E-state index contributed by atoms with van der Waals surface area (Å²) in [5.41, 5.74) is 2.71. The minimum Gasteiger partial charge on any atom is -0.383 e. The van der Waals surface area contributed by atoms with Crippen molar-refractivity contribution in [2.45, 2.75) is 12.5 Å². The lowest BCUT2D eigenvalue weighted by Gasteiger charge is -2.24. The summed E-state index contributed by atoms with van der Waals surface area (Å²) >= 11 is 0. The van der Waals surface area contributed by atoms with E-state index in [9.17, 15) is 0 Å². The van der Waals surface area contributed by atoms with Crippen molar-refractivity contribution in [3.63, 3.8) is 0 Å². The number of fused-ring (bicyclic) bond motifs is 1. The van der Waals surface area contributed by atoms with Crippen LogP contribution < -0.4 is 5.32 Å². The zero-order chi connectivity index (χ0) is 12.8. The molecule has 3 nitrogen and oxygen atoms in total. The lowest BCUT2D eigenvalue weighted by Crippen LogP contribution is -2.37. The van der Waals surface area contributed by atoms with Crippen LogP contribution in [-0.4, -0.2) is 44.3 Å². The van der Waals surface area contributed by atoms with E-state index in [4.69, 9.17) is 4.74 Å². The summed E-state index contributed by atoms with van der Waals surface area (Å²) < 4.78 is 5.15. The standard InChI is InChI=1S/C15H22N2O/c1-3-8-17(9-10-18-2)12-14-11-13-6-4-5-7-15(13)16-14/h3-7,14,16H,1,8-12H2,2H3. The maximum absolute atomic E-state index is 5.15. The Bertz CT molecular complexity index is 367. The summed E-state index contributed by atoms with van der Waals surface area (Å²) in [6.45, 7) is 7.49. The van der Waals surface area contributed by atoms with Gasteiger partial charge in [0.25, 0.3) is 0 Å². The van der Waals surface area contributed by atoms with Crippen molar-refractivity contribution < 1.29 is 4.74 Å². The molecule has 0 bridgehead atoms. The fraction of sp³-hybridized carbons (Fsp3) is 0.467. The van der Waals surface area contributed by atoms with Crippen LogP contribution in [-0.2, 0) is 11.2 Å². The average Bonchev–Trinajstić information content (AvgIpc) is 2.78. The largest absolute Gasteiger partial charge is 0.383 e. The average molecular weight is 246 g/mol. The second-order valence-electron chi connectivity index (χ2n) is 4.74. The van der Waals surface area contributed by atoms with Crippen LogP contribution in [0, 0.1) is 0 Å². The van der Waals surface area contributed by atoms with Crippen molar-refractivity contribution in [3.8, 4) is 0 Å². The van der Waals surface area contributed by atoms with Gasteiger partial charge in [-0.05, 0) is 18.1 Å². The third-order valence-electron chi connectivity index (χ3n) is 3.32. The van der Waals surface area contributed by atoms with E-state index >= 15 is 0 Å². The summed E-state index contributed by atoms with van der Waals surface area (Å²) in [7, 11) is 1.75. The number of nitrogens with one attached hydrogen (secondary N) is 1. The van der Waals surface area contributed by atoms with E-state index in [0.717, 1.165) is 32.7 Å². The molecule has 0 saturated heterocycles. The first kappa shape index (κ1) is 13.1. The van der Waals surface area contributed by atoms with Crippen LogP contribution in [0.5, 0.6) is 0 Å². The van der Waals surface area contributed by atoms with Crippen molar-refractivity contribution in [1.82, 2.24) is 4.90 Å². The maximum Gasteiger partial charge on any atom is 0.0589 e. The maximum atomic E-state index is 5.15. The smallest absolute Gasteiger partial charge is 0.0589 e. The Morgan fingerprint density at radius 1 is 1.50 bits per heavy atom. The summed E-state index contributed by atoms with van der Waals surface area (Å²) in [6.07, 6.45) is 3.06. The first-order valence-corrected chi connectivity index (χ1v) is 6.50.